The molecule has 1 aromatic heterocycles. The predicted octanol–water partition coefficient (Wildman–Crippen LogP) is 2.86. The molecule has 1 saturated heterocycles. The number of hydrogen-bond donors (Lipinski definition) is 2. The van der Waals surface area contributed by atoms with Gasteiger partial charge in [0.2, 0.25) is 0 Å². The Bertz CT molecular complexity index is 837. The van der Waals surface area contributed by atoms with E-state index in [1.54, 1.807) is 29.2 Å². The van der Waals surface area contributed by atoms with Crippen molar-refractivity contribution < 1.29 is 24.2 Å². The van der Waals surface area contributed by atoms with E-state index in [1.807, 2.05) is 5.38 Å². The van der Waals surface area contributed by atoms with Crippen LogP contribution in [0.1, 0.15) is 32.9 Å². The molecule has 1 fully saturated rings. The summed E-state index contributed by atoms with van der Waals surface area (Å²) in [6.07, 6.45) is 1.76. The molecule has 7 nitrogen and oxygen atoms in total. The minimum atomic E-state index is -0.279. The second-order valence-electron chi connectivity index (χ2n) is 6.63. The average Bonchev–Trinajstić information content (AvgIpc) is 3.27. The van der Waals surface area contributed by atoms with Crippen molar-refractivity contribution in [3.8, 4) is 11.5 Å². The summed E-state index contributed by atoms with van der Waals surface area (Å²) >= 11 is 1.33. The molecule has 1 aromatic carbocycles. The summed E-state index contributed by atoms with van der Waals surface area (Å²) in [6, 6.07) is 6.75. The summed E-state index contributed by atoms with van der Waals surface area (Å²) in [5.74, 6) is 0.376. The highest BCUT2D eigenvalue weighted by Gasteiger charge is 2.26. The van der Waals surface area contributed by atoms with Crippen LogP contribution >= 0.6 is 11.3 Å². The van der Waals surface area contributed by atoms with E-state index in [2.05, 4.69) is 5.32 Å². The minimum absolute atomic E-state index is 0.0673. The molecule has 0 saturated carbocycles. The average molecular weight is 404 g/mol. The zero-order chi connectivity index (χ0) is 20.1. The van der Waals surface area contributed by atoms with Crippen LogP contribution in [0.2, 0.25) is 0 Å². The topological polar surface area (TPSA) is 88.1 Å². The van der Waals surface area contributed by atoms with Crippen molar-refractivity contribution in [1.29, 1.82) is 0 Å². The van der Waals surface area contributed by atoms with Crippen molar-refractivity contribution in [3.63, 3.8) is 0 Å². The molecular weight excluding hydrogens is 380 g/mol. The molecule has 0 aliphatic carbocycles. The fraction of sp³-hybridized carbons (Fsp3) is 0.400. The van der Waals surface area contributed by atoms with E-state index in [0.29, 0.717) is 40.7 Å². The van der Waals surface area contributed by atoms with E-state index < -0.39 is 0 Å². The minimum Gasteiger partial charge on any atom is -0.493 e. The monoisotopic (exact) mass is 404 g/mol. The first kappa shape index (κ1) is 20.2. The third-order valence-corrected chi connectivity index (χ3v) is 5.65. The predicted molar refractivity (Wildman–Crippen MR) is 108 cm³/mol. The second kappa shape index (κ2) is 9.07. The highest BCUT2D eigenvalue weighted by molar-refractivity contribution is 7.12. The molecule has 1 atom stereocenters. The maximum Gasteiger partial charge on any atom is 0.265 e. The number of aliphatic hydroxyl groups excluding tert-OH is 1. The van der Waals surface area contributed by atoms with Crippen molar-refractivity contribution >= 4 is 28.8 Å². The highest BCUT2D eigenvalue weighted by atomic mass is 32.1. The molecule has 0 bridgehead atoms. The molecule has 150 valence electrons. The Balaban J connectivity index is 1.91. The summed E-state index contributed by atoms with van der Waals surface area (Å²) in [6.45, 7) is 1.22. The van der Waals surface area contributed by atoms with Gasteiger partial charge >= 0.3 is 0 Å². The molecule has 0 spiro atoms. The van der Waals surface area contributed by atoms with Gasteiger partial charge in [0.15, 0.2) is 11.5 Å². The van der Waals surface area contributed by atoms with Crippen LogP contribution in [-0.4, -0.2) is 55.7 Å². The number of amides is 2. The molecule has 2 N–H and O–H groups in total. The maximum absolute atomic E-state index is 13.0. The Morgan fingerprint density at radius 3 is 2.79 bits per heavy atom. The highest BCUT2D eigenvalue weighted by Crippen LogP contribution is 2.37. The Morgan fingerprint density at radius 1 is 1.32 bits per heavy atom. The fourth-order valence-electron chi connectivity index (χ4n) is 3.35. The number of piperidine rings is 1. The number of hydrogen-bond acceptors (Lipinski definition) is 6. The zero-order valence-corrected chi connectivity index (χ0v) is 16.8. The van der Waals surface area contributed by atoms with Crippen LogP contribution < -0.4 is 14.8 Å². The number of methoxy groups -OCH3 is 2. The Labute approximate surface area is 167 Å². The van der Waals surface area contributed by atoms with Crippen LogP contribution in [0.15, 0.2) is 29.6 Å². The van der Waals surface area contributed by atoms with Crippen LogP contribution in [0.4, 0.5) is 5.69 Å². The molecule has 2 aromatic rings. The van der Waals surface area contributed by atoms with Crippen LogP contribution in [0.3, 0.4) is 0 Å². The van der Waals surface area contributed by atoms with Gasteiger partial charge in [0.1, 0.15) is 0 Å². The van der Waals surface area contributed by atoms with Gasteiger partial charge in [-0.25, -0.2) is 0 Å². The van der Waals surface area contributed by atoms with Gasteiger partial charge < -0.3 is 24.8 Å². The van der Waals surface area contributed by atoms with Gasteiger partial charge in [0.25, 0.3) is 11.8 Å². The number of nitrogens with one attached hydrogen (secondary N) is 1. The number of ether oxygens (including phenoxy) is 2. The molecule has 1 aliphatic rings. The number of carbonyl (C=O) groups excluding carboxylic acids is 2. The lowest BCUT2D eigenvalue weighted by atomic mass is 9.98. The van der Waals surface area contributed by atoms with Crippen molar-refractivity contribution in [2.45, 2.75) is 12.8 Å². The van der Waals surface area contributed by atoms with Crippen molar-refractivity contribution in [2.75, 3.05) is 39.2 Å². The molecule has 0 radical (unpaired) electrons. The lowest BCUT2D eigenvalue weighted by molar-refractivity contribution is 0.0620. The molecule has 1 unspecified atom stereocenters. The van der Waals surface area contributed by atoms with E-state index in [-0.39, 0.29) is 24.3 Å². The summed E-state index contributed by atoms with van der Waals surface area (Å²) < 4.78 is 10.8. The van der Waals surface area contributed by atoms with E-state index in [4.69, 9.17) is 9.47 Å². The first-order valence-corrected chi connectivity index (χ1v) is 9.96. The van der Waals surface area contributed by atoms with E-state index in [9.17, 15) is 14.7 Å². The number of anilines is 1. The molecule has 28 heavy (non-hydrogen) atoms. The van der Waals surface area contributed by atoms with Crippen LogP contribution in [0.5, 0.6) is 11.5 Å². The molecule has 2 heterocycles. The van der Waals surface area contributed by atoms with E-state index >= 15 is 0 Å². The molecular formula is C20H24N2O5S. The number of rotatable bonds is 6. The summed E-state index contributed by atoms with van der Waals surface area (Å²) in [5, 5.41) is 14.1. The van der Waals surface area contributed by atoms with E-state index in [0.717, 1.165) is 12.8 Å². The van der Waals surface area contributed by atoms with Gasteiger partial charge in [-0.3, -0.25) is 9.59 Å². The van der Waals surface area contributed by atoms with Gasteiger partial charge in [-0.2, -0.15) is 0 Å². The van der Waals surface area contributed by atoms with Crippen molar-refractivity contribution in [3.05, 3.63) is 40.1 Å². The second-order valence-corrected chi connectivity index (χ2v) is 7.58. The molecule has 1 aliphatic heterocycles. The molecule has 8 heteroatoms. The number of carbonyl (C=O) groups is 2. The lowest BCUT2D eigenvalue weighted by Crippen LogP contribution is -2.41. The van der Waals surface area contributed by atoms with Gasteiger partial charge in [0.05, 0.1) is 24.8 Å². The quantitative estimate of drug-likeness (QED) is 0.773. The fourth-order valence-corrected chi connectivity index (χ4v) is 3.97. The zero-order valence-electron chi connectivity index (χ0n) is 15.9. The summed E-state index contributed by atoms with van der Waals surface area (Å²) in [4.78, 5) is 27.8. The molecule has 2 amide bonds. The summed E-state index contributed by atoms with van der Waals surface area (Å²) in [5.41, 5.74) is 0.775. The maximum atomic E-state index is 13.0. The van der Waals surface area contributed by atoms with Gasteiger partial charge in [0, 0.05) is 25.3 Å². The normalized spacial score (nSPS) is 16.5. The number of likely N-dealkylation sites (tertiary alicyclic amines) is 1. The number of aliphatic hydroxyl groups is 1. The number of benzene rings is 1. The number of thiophene rings is 1. The largest absolute Gasteiger partial charge is 0.493 e. The van der Waals surface area contributed by atoms with Gasteiger partial charge in [-0.1, -0.05) is 6.07 Å². The van der Waals surface area contributed by atoms with E-state index in [1.165, 1.54) is 25.6 Å². The summed E-state index contributed by atoms with van der Waals surface area (Å²) in [7, 11) is 2.97. The first-order valence-electron chi connectivity index (χ1n) is 9.08. The van der Waals surface area contributed by atoms with Crippen molar-refractivity contribution in [2.24, 2.45) is 5.92 Å². The Kier molecular flexibility index (Phi) is 6.53. The SMILES string of the molecule is COc1cc(C(=O)N2CCCC(CO)C2)cc(NC(=O)c2cccs2)c1OC. The Hall–Kier alpha value is -2.58. The van der Waals surface area contributed by atoms with Crippen molar-refractivity contribution in [1.82, 2.24) is 4.90 Å². The standard InChI is InChI=1S/C20H24N2O5S/c1-26-16-10-14(20(25)22-7-3-5-13(11-22)12-23)9-15(18(16)27-2)21-19(24)17-6-4-8-28-17/h4,6,8-10,13,23H,3,5,7,11-12H2,1-2H3,(H,21,24). The number of nitrogens with zero attached hydrogens (tertiary/aromatic N) is 1. The van der Waals surface area contributed by atoms with Crippen LogP contribution in [-0.2, 0) is 0 Å². The van der Waals surface area contributed by atoms with Gasteiger partial charge in [-0.05, 0) is 42.3 Å². The smallest absolute Gasteiger partial charge is 0.265 e. The van der Waals surface area contributed by atoms with Crippen LogP contribution in [0, 0.1) is 5.92 Å². The molecule has 3 rings (SSSR count). The van der Waals surface area contributed by atoms with Gasteiger partial charge in [-0.15, -0.1) is 11.3 Å². The Morgan fingerprint density at radius 2 is 2.14 bits per heavy atom. The van der Waals surface area contributed by atoms with Crippen LogP contribution in [0.25, 0.3) is 0 Å². The lowest BCUT2D eigenvalue weighted by Gasteiger charge is -2.32. The third kappa shape index (κ3) is 4.28. The first-order chi connectivity index (χ1) is 13.6. The third-order valence-electron chi connectivity index (χ3n) is 4.78.